The fourth-order valence-corrected chi connectivity index (χ4v) is 6.37. The Labute approximate surface area is 286 Å². The quantitative estimate of drug-likeness (QED) is 0.177. The monoisotopic (exact) mass is 704 g/mol. The molecule has 10 heteroatoms. The highest BCUT2D eigenvalue weighted by Crippen LogP contribution is 2.36. The van der Waals surface area contributed by atoms with Gasteiger partial charge in [0, 0.05) is 56.0 Å². The molecule has 2 aliphatic heterocycles. The first-order valence-electron chi connectivity index (χ1n) is 14.9. The highest BCUT2D eigenvalue weighted by molar-refractivity contribution is 9.10. The van der Waals surface area contributed by atoms with Gasteiger partial charge in [-0.3, -0.25) is 29.0 Å². The summed E-state index contributed by atoms with van der Waals surface area (Å²) in [6, 6.07) is 18.3. The highest BCUT2D eigenvalue weighted by Gasteiger charge is 2.34. The van der Waals surface area contributed by atoms with Crippen LogP contribution in [0.25, 0.3) is 21.5 Å². The van der Waals surface area contributed by atoms with Gasteiger partial charge in [-0.05, 0) is 95.9 Å². The van der Waals surface area contributed by atoms with Crippen molar-refractivity contribution in [1.29, 1.82) is 0 Å². The van der Waals surface area contributed by atoms with E-state index in [0.717, 1.165) is 46.6 Å². The number of rotatable bonds is 9. The van der Waals surface area contributed by atoms with Crippen LogP contribution in [0.15, 0.2) is 65.1 Å². The van der Waals surface area contributed by atoms with Crippen LogP contribution < -0.4 is 4.74 Å². The van der Waals surface area contributed by atoms with E-state index in [1.165, 1.54) is 9.80 Å². The molecule has 9 nitrogen and oxygen atoms in total. The number of methoxy groups -OCH3 is 1. The van der Waals surface area contributed by atoms with Crippen LogP contribution in [0.2, 0.25) is 0 Å². The molecular weight excluding hydrogens is 660 g/mol. The summed E-state index contributed by atoms with van der Waals surface area (Å²) in [6.45, 7) is 2.55. The van der Waals surface area contributed by atoms with Crippen LogP contribution in [-0.2, 0) is 0 Å². The number of hydrogen-bond donors (Lipinski definition) is 0. The van der Waals surface area contributed by atoms with Crippen molar-refractivity contribution in [2.45, 2.75) is 27.7 Å². The Morgan fingerprint density at radius 1 is 0.596 bits per heavy atom. The maximum Gasteiger partial charge on any atom is 0.261 e. The number of carbonyl (C=O) groups is 4. The van der Waals surface area contributed by atoms with Crippen molar-refractivity contribution in [2.24, 2.45) is 0 Å². The summed E-state index contributed by atoms with van der Waals surface area (Å²) in [4.78, 5) is 57.6. The molecule has 250 valence electrons. The van der Waals surface area contributed by atoms with Crippen LogP contribution in [0.1, 0.15) is 69.1 Å². The number of benzene rings is 4. The molecule has 4 aromatic rings. The Morgan fingerprint density at radius 2 is 1.00 bits per heavy atom. The van der Waals surface area contributed by atoms with Gasteiger partial charge in [-0.1, -0.05) is 55.0 Å². The Hall–Kier alpha value is -4.12. The maximum atomic E-state index is 12.7. The summed E-state index contributed by atoms with van der Waals surface area (Å²) < 4.78 is 6.25. The van der Waals surface area contributed by atoms with Crippen LogP contribution in [0, 0.1) is 0 Å². The van der Waals surface area contributed by atoms with Gasteiger partial charge in [-0.15, -0.1) is 0 Å². The molecular formula is C37H45BrN4O5. The second kappa shape index (κ2) is 15.6. The normalized spacial score (nSPS) is 13.5. The number of imide groups is 2. The zero-order valence-electron chi connectivity index (χ0n) is 26.2. The zero-order valence-corrected chi connectivity index (χ0v) is 27.8. The molecule has 2 heterocycles. The Balaban J connectivity index is 0.000000245. The Morgan fingerprint density at radius 3 is 1.45 bits per heavy atom. The molecule has 0 atom stereocenters. The predicted octanol–water partition coefficient (Wildman–Crippen LogP) is 6.82. The van der Waals surface area contributed by atoms with Crippen LogP contribution >= 0.6 is 15.9 Å². The van der Waals surface area contributed by atoms with Gasteiger partial charge in [0.2, 0.25) is 0 Å². The van der Waals surface area contributed by atoms with Gasteiger partial charge in [-0.25, -0.2) is 0 Å². The van der Waals surface area contributed by atoms with Crippen molar-refractivity contribution < 1.29 is 23.9 Å². The van der Waals surface area contributed by atoms with E-state index in [-0.39, 0.29) is 38.5 Å². The maximum absolute atomic E-state index is 12.7. The minimum absolute atomic E-state index is 0. The smallest absolute Gasteiger partial charge is 0.261 e. The van der Waals surface area contributed by atoms with Crippen LogP contribution in [-0.4, -0.2) is 105 Å². The standard InChI is InChI=1S/C18H20N2O3.C17H17BrN2O2.2CH4/c1-19(2)10-5-11-20-17(21)13-7-4-6-12-15(23-3)9-8-14(16(12)13)18(20)22;1-19(2)9-4-10-20-16(21)12-6-3-5-11-14(18)8-7-13(15(11)12)17(20)22;;/h4,6-9H,5,10-11H2,1-3H3;3,5-8H,4,9-10H2,1-2H3;2*1H4. The van der Waals surface area contributed by atoms with E-state index in [2.05, 4.69) is 15.9 Å². The minimum Gasteiger partial charge on any atom is -0.496 e. The van der Waals surface area contributed by atoms with Crippen molar-refractivity contribution in [3.8, 4) is 5.75 Å². The summed E-state index contributed by atoms with van der Waals surface area (Å²) >= 11 is 3.49. The van der Waals surface area contributed by atoms with Crippen molar-refractivity contribution >= 4 is 61.1 Å². The second-order valence-corrected chi connectivity index (χ2v) is 12.6. The molecule has 6 rings (SSSR count). The zero-order chi connectivity index (χ0) is 32.4. The number of nitrogens with zero attached hydrogens (tertiary/aromatic N) is 4. The van der Waals surface area contributed by atoms with E-state index in [4.69, 9.17) is 4.74 Å². The molecule has 47 heavy (non-hydrogen) atoms. The molecule has 2 aliphatic rings. The molecule has 0 unspecified atom stereocenters. The number of amides is 4. The molecule has 0 saturated carbocycles. The van der Waals surface area contributed by atoms with Crippen LogP contribution in [0.4, 0.5) is 0 Å². The third kappa shape index (κ3) is 7.25. The average Bonchev–Trinajstić information content (AvgIpc) is 3.02. The topological polar surface area (TPSA) is 90.5 Å². The Kier molecular flexibility index (Phi) is 12.4. The molecule has 0 spiro atoms. The fourth-order valence-electron chi connectivity index (χ4n) is 5.90. The molecule has 0 fully saturated rings. The second-order valence-electron chi connectivity index (χ2n) is 11.7. The lowest BCUT2D eigenvalue weighted by Gasteiger charge is -2.28. The first-order valence-corrected chi connectivity index (χ1v) is 15.7. The highest BCUT2D eigenvalue weighted by atomic mass is 79.9. The fraction of sp³-hybridized carbons (Fsp3) is 0.351. The van der Waals surface area contributed by atoms with Gasteiger partial charge < -0.3 is 14.5 Å². The molecule has 0 bridgehead atoms. The SMILES string of the molecule is C.C.CN(C)CCCN1C(=O)c2cccc3c(Br)ccc(c23)C1=O.COc1ccc2c3c(cccc13)C(=O)N(CCCN(C)C)C2=O. The van der Waals surface area contributed by atoms with Crippen molar-refractivity contribution in [3.05, 3.63) is 87.4 Å². The largest absolute Gasteiger partial charge is 0.496 e. The van der Waals surface area contributed by atoms with Gasteiger partial charge in [0.15, 0.2) is 0 Å². The predicted molar refractivity (Wildman–Crippen MR) is 193 cm³/mol. The van der Waals surface area contributed by atoms with Crippen molar-refractivity contribution in [1.82, 2.24) is 19.6 Å². The van der Waals surface area contributed by atoms with Gasteiger partial charge in [0.25, 0.3) is 23.6 Å². The van der Waals surface area contributed by atoms with Gasteiger partial charge in [-0.2, -0.15) is 0 Å². The lowest BCUT2D eigenvalue weighted by Crippen LogP contribution is -2.41. The van der Waals surface area contributed by atoms with E-state index >= 15 is 0 Å². The summed E-state index contributed by atoms with van der Waals surface area (Å²) in [5, 5.41) is 3.17. The van der Waals surface area contributed by atoms with Crippen molar-refractivity contribution in [3.63, 3.8) is 0 Å². The summed E-state index contributed by atoms with van der Waals surface area (Å²) in [7, 11) is 9.50. The summed E-state index contributed by atoms with van der Waals surface area (Å²) in [5.41, 5.74) is 2.36. The third-order valence-electron chi connectivity index (χ3n) is 8.08. The Bertz CT molecular complexity index is 1780. The molecule has 0 saturated heterocycles. The van der Waals surface area contributed by atoms with E-state index in [1.54, 1.807) is 37.4 Å². The van der Waals surface area contributed by atoms with E-state index in [0.29, 0.717) is 46.5 Å². The van der Waals surface area contributed by atoms with Gasteiger partial charge >= 0.3 is 0 Å². The van der Waals surface area contributed by atoms with E-state index < -0.39 is 0 Å². The molecule has 0 aromatic heterocycles. The number of halogens is 1. The van der Waals surface area contributed by atoms with Crippen LogP contribution in [0.5, 0.6) is 5.75 Å². The lowest BCUT2D eigenvalue weighted by atomic mass is 9.93. The minimum atomic E-state index is -0.222. The van der Waals surface area contributed by atoms with Crippen molar-refractivity contribution in [2.75, 3.05) is 61.5 Å². The summed E-state index contributed by atoms with van der Waals surface area (Å²) in [5.74, 6) is -0.160. The van der Waals surface area contributed by atoms with Gasteiger partial charge in [0.05, 0.1) is 7.11 Å². The molecule has 0 N–H and O–H groups in total. The summed E-state index contributed by atoms with van der Waals surface area (Å²) in [6.07, 6.45) is 1.53. The lowest BCUT2D eigenvalue weighted by molar-refractivity contribution is 0.0590. The first-order chi connectivity index (χ1) is 21.5. The number of hydrogen-bond acceptors (Lipinski definition) is 7. The van der Waals surface area contributed by atoms with E-state index in [9.17, 15) is 19.2 Å². The molecule has 4 amide bonds. The van der Waals surface area contributed by atoms with E-state index in [1.807, 2.05) is 68.3 Å². The first kappa shape index (κ1) is 37.3. The number of carbonyl (C=O) groups excluding carboxylic acids is 4. The molecule has 4 aromatic carbocycles. The van der Waals surface area contributed by atoms with Crippen LogP contribution in [0.3, 0.4) is 0 Å². The molecule has 0 aliphatic carbocycles. The number of ether oxygens (including phenoxy) is 1. The van der Waals surface area contributed by atoms with Gasteiger partial charge in [0.1, 0.15) is 5.75 Å². The third-order valence-corrected chi connectivity index (χ3v) is 8.78. The average molecular weight is 706 g/mol. The molecule has 0 radical (unpaired) electrons.